The van der Waals surface area contributed by atoms with E-state index in [1.807, 2.05) is 36.0 Å². The number of anilines is 1. The van der Waals surface area contributed by atoms with Gasteiger partial charge in [0, 0.05) is 55.1 Å². The van der Waals surface area contributed by atoms with E-state index in [0.29, 0.717) is 30.9 Å². The molecule has 1 amide bonds. The van der Waals surface area contributed by atoms with Crippen LogP contribution in [-0.4, -0.2) is 62.5 Å². The van der Waals surface area contributed by atoms with E-state index in [2.05, 4.69) is 42.6 Å². The van der Waals surface area contributed by atoms with Crippen LogP contribution in [0.2, 0.25) is 0 Å². The van der Waals surface area contributed by atoms with Gasteiger partial charge in [0.25, 0.3) is 0 Å². The van der Waals surface area contributed by atoms with Crippen molar-refractivity contribution in [3.63, 3.8) is 0 Å². The van der Waals surface area contributed by atoms with Gasteiger partial charge in [0.1, 0.15) is 11.6 Å². The SMILES string of the molecule is CCOc1cc(-c2ccc(N3C[C@@H]4C(C(=O)NCc5ccc(OC)nc5)[C@@H]4C3)nc2)c2c3cn[nH]c3nn2c1. The number of hydrogen-bond acceptors (Lipinski definition) is 8. The van der Waals surface area contributed by atoms with E-state index < -0.39 is 0 Å². The first-order valence-corrected chi connectivity index (χ1v) is 13.1. The van der Waals surface area contributed by atoms with Gasteiger partial charge in [-0.2, -0.15) is 5.10 Å². The molecule has 0 radical (unpaired) electrons. The summed E-state index contributed by atoms with van der Waals surface area (Å²) in [5, 5.41) is 15.7. The lowest BCUT2D eigenvalue weighted by molar-refractivity contribution is -0.123. The zero-order valence-corrected chi connectivity index (χ0v) is 21.7. The highest BCUT2D eigenvalue weighted by Crippen LogP contribution is 2.52. The highest BCUT2D eigenvalue weighted by Gasteiger charge is 2.59. The van der Waals surface area contributed by atoms with Crippen molar-refractivity contribution in [3.8, 4) is 22.8 Å². The Kier molecular flexibility index (Phi) is 5.57. The molecule has 1 aliphatic heterocycles. The number of aromatic nitrogens is 6. The van der Waals surface area contributed by atoms with Gasteiger partial charge in [0.15, 0.2) is 5.65 Å². The number of piperidine rings is 1. The lowest BCUT2D eigenvalue weighted by atomic mass is 10.1. The highest BCUT2D eigenvalue weighted by molar-refractivity contribution is 6.00. The van der Waals surface area contributed by atoms with Crippen LogP contribution in [0.25, 0.3) is 27.7 Å². The van der Waals surface area contributed by atoms with Gasteiger partial charge in [-0.3, -0.25) is 9.89 Å². The van der Waals surface area contributed by atoms with Gasteiger partial charge < -0.3 is 19.7 Å². The van der Waals surface area contributed by atoms with Crippen LogP contribution >= 0.6 is 0 Å². The van der Waals surface area contributed by atoms with Gasteiger partial charge in [-0.05, 0) is 42.5 Å². The third-order valence-corrected chi connectivity index (χ3v) is 7.77. The van der Waals surface area contributed by atoms with Crippen LogP contribution in [0.15, 0.2) is 55.1 Å². The van der Waals surface area contributed by atoms with Crippen molar-refractivity contribution in [2.24, 2.45) is 17.8 Å². The maximum atomic E-state index is 12.8. The summed E-state index contributed by atoms with van der Waals surface area (Å²) in [6.07, 6.45) is 7.30. The summed E-state index contributed by atoms with van der Waals surface area (Å²) in [4.78, 5) is 24.0. The third-order valence-electron chi connectivity index (χ3n) is 7.77. The highest BCUT2D eigenvalue weighted by atomic mass is 16.5. The number of fused-ring (bicyclic) bond motifs is 4. The first kappa shape index (κ1) is 23.4. The monoisotopic (exact) mass is 524 g/mol. The van der Waals surface area contributed by atoms with Crippen LogP contribution in [0.3, 0.4) is 0 Å². The standard InChI is InChI=1S/C28H28N8O3/c1-3-39-18-8-19(26-20-12-32-33-27(20)34-36(26)13-18)17-5-6-23(29-11-17)35-14-21-22(15-35)25(21)28(37)31-10-16-4-7-24(38-2)30-9-16/h4-9,11-13,21-22,25H,3,10,14-15H2,1-2H3,(H,31,37)(H,33,34)/t21-,22+,25?. The Morgan fingerprint density at radius 1 is 1.13 bits per heavy atom. The molecule has 11 heteroatoms. The lowest BCUT2D eigenvalue weighted by Gasteiger charge is -2.21. The molecule has 7 rings (SSSR count). The minimum absolute atomic E-state index is 0.0700. The number of nitrogens with zero attached hydrogens (tertiary/aromatic N) is 6. The molecule has 11 nitrogen and oxygen atoms in total. The number of nitrogens with one attached hydrogen (secondary N) is 2. The number of pyridine rings is 3. The Hall–Kier alpha value is -4.67. The molecular formula is C28H28N8O3. The number of amides is 1. The molecule has 198 valence electrons. The van der Waals surface area contributed by atoms with Gasteiger partial charge >= 0.3 is 0 Å². The predicted molar refractivity (Wildman–Crippen MR) is 145 cm³/mol. The molecule has 1 saturated carbocycles. The summed E-state index contributed by atoms with van der Waals surface area (Å²) < 4.78 is 12.7. The molecule has 5 aromatic heterocycles. The Labute approximate surface area is 224 Å². The normalized spacial score (nSPS) is 19.8. The van der Waals surface area contributed by atoms with Gasteiger partial charge in [-0.25, -0.2) is 14.5 Å². The minimum Gasteiger partial charge on any atom is -0.492 e. The number of hydrogen-bond donors (Lipinski definition) is 2. The molecule has 1 unspecified atom stereocenters. The maximum absolute atomic E-state index is 12.8. The van der Waals surface area contributed by atoms with E-state index in [1.165, 1.54) is 0 Å². The van der Waals surface area contributed by atoms with E-state index in [9.17, 15) is 4.79 Å². The summed E-state index contributed by atoms with van der Waals surface area (Å²) >= 11 is 0. The molecule has 2 aliphatic rings. The first-order valence-electron chi connectivity index (χ1n) is 13.1. The second-order valence-electron chi connectivity index (χ2n) is 10.0. The molecule has 5 aromatic rings. The summed E-state index contributed by atoms with van der Waals surface area (Å²) in [5.41, 5.74) is 4.60. The first-order chi connectivity index (χ1) is 19.1. The lowest BCUT2D eigenvalue weighted by Crippen LogP contribution is -2.31. The van der Waals surface area contributed by atoms with Crippen LogP contribution in [0.1, 0.15) is 12.5 Å². The number of carbonyl (C=O) groups is 1. The molecule has 3 atom stereocenters. The topological polar surface area (TPSA) is 123 Å². The van der Waals surface area contributed by atoms with E-state index in [1.54, 1.807) is 25.6 Å². The van der Waals surface area contributed by atoms with Crippen LogP contribution in [0.5, 0.6) is 11.6 Å². The second-order valence-corrected chi connectivity index (χ2v) is 10.0. The summed E-state index contributed by atoms with van der Waals surface area (Å²) in [7, 11) is 1.58. The Balaban J connectivity index is 1.03. The van der Waals surface area contributed by atoms with Crippen LogP contribution in [0.4, 0.5) is 5.82 Å². The van der Waals surface area contributed by atoms with E-state index in [0.717, 1.165) is 57.9 Å². The second kappa shape index (κ2) is 9.26. The van der Waals surface area contributed by atoms with Gasteiger partial charge in [0.2, 0.25) is 11.8 Å². The van der Waals surface area contributed by atoms with E-state index in [4.69, 9.17) is 14.5 Å². The average Bonchev–Trinajstić information content (AvgIpc) is 3.31. The number of H-pyrrole nitrogens is 1. The van der Waals surface area contributed by atoms with Gasteiger partial charge in [-0.1, -0.05) is 6.07 Å². The van der Waals surface area contributed by atoms with Crippen LogP contribution in [0, 0.1) is 17.8 Å². The zero-order chi connectivity index (χ0) is 26.5. The third kappa shape index (κ3) is 4.10. The quantitative estimate of drug-likeness (QED) is 0.318. The summed E-state index contributed by atoms with van der Waals surface area (Å²) in [6, 6.07) is 9.89. The summed E-state index contributed by atoms with van der Waals surface area (Å²) in [5.74, 6) is 3.15. The molecule has 6 heterocycles. The summed E-state index contributed by atoms with van der Waals surface area (Å²) in [6.45, 7) is 4.67. The fourth-order valence-electron chi connectivity index (χ4n) is 5.78. The van der Waals surface area contributed by atoms with Crippen LogP contribution < -0.4 is 19.7 Å². The van der Waals surface area contributed by atoms with Crippen molar-refractivity contribution in [1.82, 2.24) is 35.1 Å². The number of rotatable bonds is 8. The molecule has 2 fully saturated rings. The van der Waals surface area contributed by atoms with E-state index >= 15 is 0 Å². The Morgan fingerprint density at radius 2 is 2.00 bits per heavy atom. The molecule has 0 spiro atoms. The van der Waals surface area contributed by atoms with Crippen molar-refractivity contribution in [2.45, 2.75) is 13.5 Å². The minimum atomic E-state index is 0.0700. The zero-order valence-electron chi connectivity index (χ0n) is 21.7. The average molecular weight is 525 g/mol. The van der Waals surface area contributed by atoms with Crippen molar-refractivity contribution in [3.05, 3.63) is 60.7 Å². The molecule has 2 N–H and O–H groups in total. The van der Waals surface area contributed by atoms with Crippen molar-refractivity contribution in [2.75, 3.05) is 31.7 Å². The maximum Gasteiger partial charge on any atom is 0.224 e. The smallest absolute Gasteiger partial charge is 0.224 e. The Bertz CT molecular complexity index is 1650. The largest absolute Gasteiger partial charge is 0.492 e. The molecule has 1 saturated heterocycles. The van der Waals surface area contributed by atoms with Crippen LogP contribution in [-0.2, 0) is 11.3 Å². The fraction of sp³-hybridized carbons (Fsp3) is 0.321. The molecular weight excluding hydrogens is 496 g/mol. The number of ether oxygens (including phenoxy) is 2. The van der Waals surface area contributed by atoms with E-state index in [-0.39, 0.29) is 11.8 Å². The number of carbonyl (C=O) groups excluding carboxylic acids is 1. The van der Waals surface area contributed by atoms with Gasteiger partial charge in [0.05, 0.1) is 37.0 Å². The van der Waals surface area contributed by atoms with Crippen molar-refractivity contribution in [1.29, 1.82) is 0 Å². The molecule has 0 aromatic carbocycles. The molecule has 0 bridgehead atoms. The number of methoxy groups -OCH3 is 1. The van der Waals surface area contributed by atoms with Gasteiger partial charge in [-0.15, -0.1) is 5.10 Å². The molecule has 39 heavy (non-hydrogen) atoms. The van der Waals surface area contributed by atoms with Crippen molar-refractivity contribution < 1.29 is 14.3 Å². The number of aromatic amines is 1. The predicted octanol–water partition coefficient (Wildman–Crippen LogP) is 3.07. The Morgan fingerprint density at radius 3 is 2.72 bits per heavy atom. The van der Waals surface area contributed by atoms with Crippen molar-refractivity contribution >= 4 is 28.3 Å². The molecule has 1 aliphatic carbocycles. The fourth-order valence-corrected chi connectivity index (χ4v) is 5.78.